The minimum absolute atomic E-state index is 0.691. The van der Waals surface area contributed by atoms with Crippen LogP contribution in [0.25, 0.3) is 0 Å². The Morgan fingerprint density at radius 2 is 2.00 bits per heavy atom. The lowest BCUT2D eigenvalue weighted by atomic mass is 10.00. The first-order chi connectivity index (χ1) is 5.91. The summed E-state index contributed by atoms with van der Waals surface area (Å²) >= 11 is 0. The van der Waals surface area contributed by atoms with E-state index in [0.29, 0.717) is 0 Å². The topological polar surface area (TPSA) is 136 Å². The molecular formula is C6H13NO6. The van der Waals surface area contributed by atoms with Gasteiger partial charge in [-0.15, -0.1) is 0 Å². The van der Waals surface area contributed by atoms with Crippen LogP contribution in [0.4, 0.5) is 0 Å². The summed E-state index contributed by atoms with van der Waals surface area (Å²) in [6.45, 7) is -0.691. The van der Waals surface area contributed by atoms with Crippen LogP contribution in [0.2, 0.25) is 0 Å². The molecule has 7 N–H and O–H groups in total. The third-order valence-corrected chi connectivity index (χ3v) is 2.02. The number of rotatable bonds is 2. The molecule has 7 nitrogen and oxygen atoms in total. The second kappa shape index (κ2) is 3.46. The molecular weight excluding hydrogens is 182 g/mol. The highest BCUT2D eigenvalue weighted by Crippen LogP contribution is 2.27. The van der Waals surface area contributed by atoms with Crippen LogP contribution in [-0.2, 0) is 4.74 Å². The van der Waals surface area contributed by atoms with Crippen LogP contribution in [0.15, 0.2) is 0 Å². The van der Waals surface area contributed by atoms with E-state index in [-0.39, 0.29) is 0 Å². The standard InChI is InChI=1S/C6H13NO6/c7-6(12)3(10)5(11)13-4(6)2(9)1-8/h2-5,8-12H,1,7H2/t2-,3+,4-,5?,6+/m1/s1. The van der Waals surface area contributed by atoms with E-state index >= 15 is 0 Å². The number of hydrogen-bond donors (Lipinski definition) is 6. The smallest absolute Gasteiger partial charge is 0.185 e. The molecule has 0 aromatic heterocycles. The van der Waals surface area contributed by atoms with Crippen molar-refractivity contribution in [2.24, 2.45) is 5.73 Å². The summed E-state index contributed by atoms with van der Waals surface area (Å²) in [5.41, 5.74) is 2.92. The van der Waals surface area contributed by atoms with Gasteiger partial charge in [0.1, 0.15) is 18.3 Å². The highest BCUT2D eigenvalue weighted by molar-refractivity contribution is 4.99. The molecule has 0 spiro atoms. The molecule has 1 unspecified atom stereocenters. The van der Waals surface area contributed by atoms with E-state index < -0.39 is 36.9 Å². The fourth-order valence-corrected chi connectivity index (χ4v) is 1.22. The monoisotopic (exact) mass is 195 g/mol. The molecule has 0 amide bonds. The molecule has 1 saturated heterocycles. The van der Waals surface area contributed by atoms with Gasteiger partial charge >= 0.3 is 0 Å². The fourth-order valence-electron chi connectivity index (χ4n) is 1.22. The van der Waals surface area contributed by atoms with Gasteiger partial charge < -0.3 is 30.3 Å². The average molecular weight is 195 g/mol. The van der Waals surface area contributed by atoms with E-state index in [2.05, 4.69) is 4.74 Å². The summed E-state index contributed by atoms with van der Waals surface area (Å²) in [5.74, 6) is 0. The van der Waals surface area contributed by atoms with Crippen molar-refractivity contribution in [3.8, 4) is 0 Å². The zero-order valence-electron chi connectivity index (χ0n) is 6.74. The molecule has 5 atom stereocenters. The van der Waals surface area contributed by atoms with Gasteiger partial charge in [-0.3, -0.25) is 5.73 Å². The maximum Gasteiger partial charge on any atom is 0.185 e. The fraction of sp³-hybridized carbons (Fsp3) is 1.00. The zero-order chi connectivity index (χ0) is 10.2. The SMILES string of the molecule is N[C@@]1(O)[C@@H]([C@H](O)CO)OC(O)[C@@H]1O. The number of ether oxygens (including phenoxy) is 1. The Hall–Kier alpha value is -0.280. The summed E-state index contributed by atoms with van der Waals surface area (Å²) in [7, 11) is 0. The molecule has 78 valence electrons. The molecule has 1 aliphatic heterocycles. The van der Waals surface area contributed by atoms with Gasteiger partial charge in [0, 0.05) is 0 Å². The van der Waals surface area contributed by atoms with Crippen molar-refractivity contribution >= 4 is 0 Å². The number of aliphatic hydroxyl groups is 5. The van der Waals surface area contributed by atoms with Crippen LogP contribution >= 0.6 is 0 Å². The van der Waals surface area contributed by atoms with Crippen LogP contribution in [-0.4, -0.2) is 62.5 Å². The molecule has 0 aromatic carbocycles. The maximum atomic E-state index is 9.37. The molecule has 7 heteroatoms. The Balaban J connectivity index is 2.77. The number of hydrogen-bond acceptors (Lipinski definition) is 7. The van der Waals surface area contributed by atoms with Crippen LogP contribution in [0.3, 0.4) is 0 Å². The molecule has 0 saturated carbocycles. The Bertz CT molecular complexity index is 186. The summed E-state index contributed by atoms with van der Waals surface area (Å²) < 4.78 is 4.56. The Morgan fingerprint density at radius 1 is 1.46 bits per heavy atom. The van der Waals surface area contributed by atoms with E-state index in [4.69, 9.17) is 26.2 Å². The molecule has 0 aromatic rings. The predicted molar refractivity (Wildman–Crippen MR) is 39.1 cm³/mol. The highest BCUT2D eigenvalue weighted by atomic mass is 16.7. The van der Waals surface area contributed by atoms with E-state index in [0.717, 1.165) is 0 Å². The van der Waals surface area contributed by atoms with Crippen LogP contribution in [0.5, 0.6) is 0 Å². The highest BCUT2D eigenvalue weighted by Gasteiger charge is 2.55. The van der Waals surface area contributed by atoms with Gasteiger partial charge in [-0.25, -0.2) is 0 Å². The first-order valence-corrected chi connectivity index (χ1v) is 3.73. The maximum absolute atomic E-state index is 9.37. The molecule has 0 aliphatic carbocycles. The lowest BCUT2D eigenvalue weighted by Crippen LogP contribution is -2.59. The average Bonchev–Trinajstić information content (AvgIpc) is 2.28. The van der Waals surface area contributed by atoms with Crippen molar-refractivity contribution in [1.29, 1.82) is 0 Å². The number of nitrogens with two attached hydrogens (primary N) is 1. The first kappa shape index (κ1) is 10.8. The Labute approximate surface area is 74.0 Å². The van der Waals surface area contributed by atoms with Gasteiger partial charge in [-0.05, 0) is 0 Å². The zero-order valence-corrected chi connectivity index (χ0v) is 6.74. The second-order valence-electron chi connectivity index (χ2n) is 3.03. The van der Waals surface area contributed by atoms with Crippen molar-refractivity contribution in [2.45, 2.75) is 30.3 Å². The van der Waals surface area contributed by atoms with Crippen LogP contribution < -0.4 is 5.73 Å². The first-order valence-electron chi connectivity index (χ1n) is 3.73. The molecule has 1 aliphatic rings. The summed E-state index contributed by atoms with van der Waals surface area (Å²) in [6, 6.07) is 0. The van der Waals surface area contributed by atoms with E-state index in [9.17, 15) is 5.11 Å². The molecule has 1 rings (SSSR count). The minimum Gasteiger partial charge on any atom is -0.394 e. The lowest BCUT2D eigenvalue weighted by molar-refractivity contribution is -0.154. The normalized spacial score (nSPS) is 48.0. The van der Waals surface area contributed by atoms with E-state index in [1.165, 1.54) is 0 Å². The molecule has 13 heavy (non-hydrogen) atoms. The second-order valence-corrected chi connectivity index (χ2v) is 3.03. The van der Waals surface area contributed by atoms with Crippen molar-refractivity contribution in [1.82, 2.24) is 0 Å². The Kier molecular flexibility index (Phi) is 2.88. The van der Waals surface area contributed by atoms with Gasteiger partial charge in [-0.1, -0.05) is 0 Å². The van der Waals surface area contributed by atoms with Gasteiger partial charge in [0.25, 0.3) is 0 Å². The van der Waals surface area contributed by atoms with Crippen molar-refractivity contribution in [3.63, 3.8) is 0 Å². The summed E-state index contributed by atoms with van der Waals surface area (Å²) in [5, 5.41) is 45.0. The summed E-state index contributed by atoms with van der Waals surface area (Å²) in [4.78, 5) is 0. The molecule has 0 radical (unpaired) electrons. The van der Waals surface area contributed by atoms with Crippen LogP contribution in [0.1, 0.15) is 0 Å². The van der Waals surface area contributed by atoms with Gasteiger partial charge in [0.15, 0.2) is 12.0 Å². The lowest BCUT2D eigenvalue weighted by Gasteiger charge is -2.28. The third-order valence-electron chi connectivity index (χ3n) is 2.02. The Morgan fingerprint density at radius 3 is 2.31 bits per heavy atom. The largest absolute Gasteiger partial charge is 0.394 e. The molecule has 1 fully saturated rings. The van der Waals surface area contributed by atoms with Crippen molar-refractivity contribution in [2.75, 3.05) is 6.61 Å². The van der Waals surface area contributed by atoms with E-state index in [1.807, 2.05) is 0 Å². The van der Waals surface area contributed by atoms with E-state index in [1.54, 1.807) is 0 Å². The summed E-state index contributed by atoms with van der Waals surface area (Å²) in [6.07, 6.45) is -6.25. The molecule has 1 heterocycles. The minimum atomic E-state index is -2.26. The van der Waals surface area contributed by atoms with Gasteiger partial charge in [-0.2, -0.15) is 0 Å². The number of aliphatic hydroxyl groups excluding tert-OH is 4. The predicted octanol–water partition coefficient (Wildman–Crippen LogP) is -3.94. The quantitative estimate of drug-likeness (QED) is 0.247. The van der Waals surface area contributed by atoms with Crippen molar-refractivity contribution in [3.05, 3.63) is 0 Å². The van der Waals surface area contributed by atoms with Gasteiger partial charge in [0.2, 0.25) is 0 Å². The molecule has 0 bridgehead atoms. The van der Waals surface area contributed by atoms with Crippen molar-refractivity contribution < 1.29 is 30.3 Å². The van der Waals surface area contributed by atoms with Gasteiger partial charge in [0.05, 0.1) is 6.61 Å². The van der Waals surface area contributed by atoms with Crippen LogP contribution in [0, 0.1) is 0 Å². The third kappa shape index (κ3) is 1.67.